The number of fused-ring (bicyclic) bond motifs is 1. The van der Waals surface area contributed by atoms with Crippen LogP contribution in [0.3, 0.4) is 0 Å². The number of hydrogen-bond acceptors (Lipinski definition) is 7. The molecular weight excluding hydrogens is 442 g/mol. The molecule has 9 heteroatoms. The number of benzene rings is 1. The number of piperidine rings is 1. The van der Waals surface area contributed by atoms with E-state index in [-0.39, 0.29) is 6.04 Å². The lowest BCUT2D eigenvalue weighted by molar-refractivity contribution is -0.110. The van der Waals surface area contributed by atoms with Gasteiger partial charge in [0, 0.05) is 37.8 Å². The van der Waals surface area contributed by atoms with Gasteiger partial charge in [-0.1, -0.05) is 18.2 Å². The summed E-state index contributed by atoms with van der Waals surface area (Å²) in [4.78, 5) is 28.9. The molecule has 1 aliphatic heterocycles. The van der Waals surface area contributed by atoms with Crippen molar-refractivity contribution in [1.29, 1.82) is 0 Å². The number of H-pyrrole nitrogens is 1. The summed E-state index contributed by atoms with van der Waals surface area (Å²) in [5.74, 6) is 1.41. The molecule has 1 saturated heterocycles. The summed E-state index contributed by atoms with van der Waals surface area (Å²) in [6, 6.07) is 12.5. The van der Waals surface area contributed by atoms with Crippen LogP contribution in [0.15, 0.2) is 48.8 Å². The summed E-state index contributed by atoms with van der Waals surface area (Å²) < 4.78 is 7.43. The minimum absolute atomic E-state index is 0.0123. The van der Waals surface area contributed by atoms with Crippen molar-refractivity contribution in [3.05, 3.63) is 60.3 Å². The zero-order valence-electron chi connectivity index (χ0n) is 20.4. The van der Waals surface area contributed by atoms with Crippen molar-refractivity contribution in [3.8, 4) is 17.1 Å². The average Bonchev–Trinajstić information content (AvgIpc) is 3.52. The number of nitrogens with one attached hydrogen (secondary N) is 1. The third-order valence-electron chi connectivity index (χ3n) is 6.88. The summed E-state index contributed by atoms with van der Waals surface area (Å²) in [5.41, 5.74) is 3.66. The molecule has 5 rings (SSSR count). The number of rotatable bonds is 8. The smallest absolute Gasteiger partial charge is 0.223 e. The number of aromatic amines is 1. The summed E-state index contributed by atoms with van der Waals surface area (Å²) >= 11 is 0. The van der Waals surface area contributed by atoms with Crippen molar-refractivity contribution in [3.63, 3.8) is 0 Å². The van der Waals surface area contributed by atoms with Crippen molar-refractivity contribution in [2.24, 2.45) is 7.05 Å². The second-order valence-electron chi connectivity index (χ2n) is 9.17. The number of carbonyl (C=O) groups excluding carboxylic acids is 1. The SMILES string of the molecule is COc1nc2ccccc2cc1-c1cnc([C@@H]2C[C@H](N(C)Cc3ccn(C)n3)CCN2CC=O)[nH]1. The van der Waals surface area contributed by atoms with E-state index in [4.69, 9.17) is 9.72 Å². The predicted octanol–water partition coefficient (Wildman–Crippen LogP) is 3.20. The zero-order chi connectivity index (χ0) is 24.4. The van der Waals surface area contributed by atoms with E-state index in [1.807, 2.05) is 48.4 Å². The lowest BCUT2D eigenvalue weighted by Crippen LogP contribution is -2.45. The number of ether oxygens (including phenoxy) is 1. The van der Waals surface area contributed by atoms with Crippen molar-refractivity contribution in [2.75, 3.05) is 27.2 Å². The van der Waals surface area contributed by atoms with Crippen LogP contribution in [0.5, 0.6) is 5.88 Å². The van der Waals surface area contributed by atoms with Crippen LogP contribution in [0, 0.1) is 0 Å². The number of para-hydroxylation sites is 1. The molecule has 0 radical (unpaired) electrons. The molecule has 4 heterocycles. The lowest BCUT2D eigenvalue weighted by atomic mass is 9.95. The van der Waals surface area contributed by atoms with Crippen molar-refractivity contribution in [2.45, 2.75) is 31.5 Å². The van der Waals surface area contributed by atoms with Crippen molar-refractivity contribution >= 4 is 17.2 Å². The topological polar surface area (TPSA) is 92.2 Å². The first-order valence-corrected chi connectivity index (χ1v) is 11.9. The Balaban J connectivity index is 1.41. The first-order chi connectivity index (χ1) is 17.1. The first kappa shape index (κ1) is 23.2. The molecule has 1 N–H and O–H groups in total. The highest BCUT2D eigenvalue weighted by Gasteiger charge is 2.33. The Morgan fingerprint density at radius 2 is 2.14 bits per heavy atom. The van der Waals surface area contributed by atoms with E-state index in [0.717, 1.165) is 65.9 Å². The van der Waals surface area contributed by atoms with Gasteiger partial charge in [-0.15, -0.1) is 0 Å². The molecule has 0 aliphatic carbocycles. The average molecular weight is 474 g/mol. The molecule has 1 aromatic carbocycles. The number of likely N-dealkylation sites (tertiary alicyclic amines) is 1. The Bertz CT molecular complexity index is 1310. The monoisotopic (exact) mass is 473 g/mol. The molecule has 1 aliphatic rings. The number of hydrogen-bond donors (Lipinski definition) is 1. The van der Waals surface area contributed by atoms with Crippen molar-refractivity contribution in [1.82, 2.24) is 34.5 Å². The number of imidazole rings is 1. The minimum Gasteiger partial charge on any atom is -0.480 e. The van der Waals surface area contributed by atoms with E-state index in [1.165, 1.54) is 0 Å². The molecule has 35 heavy (non-hydrogen) atoms. The third-order valence-corrected chi connectivity index (χ3v) is 6.88. The van der Waals surface area contributed by atoms with Crippen LogP contribution in [0.25, 0.3) is 22.2 Å². The van der Waals surface area contributed by atoms with Gasteiger partial charge < -0.3 is 14.5 Å². The fourth-order valence-electron chi connectivity index (χ4n) is 5.02. The van der Waals surface area contributed by atoms with Gasteiger partial charge in [-0.05, 0) is 38.1 Å². The van der Waals surface area contributed by atoms with Crippen molar-refractivity contribution < 1.29 is 9.53 Å². The molecule has 3 aromatic heterocycles. The van der Waals surface area contributed by atoms with E-state index < -0.39 is 0 Å². The van der Waals surface area contributed by atoms with E-state index in [2.05, 4.69) is 44.0 Å². The number of methoxy groups -OCH3 is 1. The number of carbonyl (C=O) groups is 1. The van der Waals surface area contributed by atoms with Gasteiger partial charge in [0.05, 0.1) is 48.4 Å². The molecule has 182 valence electrons. The van der Waals surface area contributed by atoms with Crippen LogP contribution in [0.2, 0.25) is 0 Å². The normalized spacial score (nSPS) is 18.9. The third kappa shape index (κ3) is 4.82. The second kappa shape index (κ2) is 9.97. The Morgan fingerprint density at radius 1 is 1.29 bits per heavy atom. The Kier molecular flexibility index (Phi) is 6.61. The number of aldehydes is 1. The molecule has 9 nitrogen and oxygen atoms in total. The fourth-order valence-corrected chi connectivity index (χ4v) is 5.02. The molecule has 0 bridgehead atoms. The molecule has 0 saturated carbocycles. The quantitative estimate of drug-likeness (QED) is 0.393. The maximum Gasteiger partial charge on any atom is 0.223 e. The lowest BCUT2D eigenvalue weighted by Gasteiger charge is -2.40. The van der Waals surface area contributed by atoms with Crippen LogP contribution in [-0.2, 0) is 18.4 Å². The molecule has 0 amide bonds. The van der Waals surface area contributed by atoms with Gasteiger partial charge in [-0.2, -0.15) is 5.10 Å². The molecule has 0 unspecified atom stereocenters. The maximum absolute atomic E-state index is 11.4. The molecule has 2 atom stereocenters. The van der Waals surface area contributed by atoms with Crippen LogP contribution < -0.4 is 4.74 Å². The summed E-state index contributed by atoms with van der Waals surface area (Å²) in [5, 5.41) is 5.56. The highest BCUT2D eigenvalue weighted by Crippen LogP contribution is 2.35. The number of pyridine rings is 1. The van der Waals surface area contributed by atoms with E-state index in [1.54, 1.807) is 7.11 Å². The number of aryl methyl sites for hydroxylation is 1. The summed E-state index contributed by atoms with van der Waals surface area (Å²) in [6.07, 6.45) is 6.65. The van der Waals surface area contributed by atoms with Crippen LogP contribution in [0.1, 0.15) is 30.4 Å². The van der Waals surface area contributed by atoms with Gasteiger partial charge in [0.1, 0.15) is 12.1 Å². The maximum atomic E-state index is 11.4. The fraction of sp³-hybridized carbons (Fsp3) is 0.385. The summed E-state index contributed by atoms with van der Waals surface area (Å²) in [7, 11) is 5.71. The van der Waals surface area contributed by atoms with E-state index in [9.17, 15) is 4.79 Å². The highest BCUT2D eigenvalue weighted by atomic mass is 16.5. The second-order valence-corrected chi connectivity index (χ2v) is 9.17. The number of nitrogens with zero attached hydrogens (tertiary/aromatic N) is 6. The largest absolute Gasteiger partial charge is 0.480 e. The summed E-state index contributed by atoms with van der Waals surface area (Å²) in [6.45, 7) is 2.00. The highest BCUT2D eigenvalue weighted by molar-refractivity contribution is 5.85. The van der Waals surface area contributed by atoms with E-state index in [0.29, 0.717) is 18.5 Å². The van der Waals surface area contributed by atoms with Crippen LogP contribution >= 0.6 is 0 Å². The predicted molar refractivity (Wildman–Crippen MR) is 134 cm³/mol. The molecule has 1 fully saturated rings. The van der Waals surface area contributed by atoms with Gasteiger partial charge in [-0.3, -0.25) is 14.5 Å². The number of aromatic nitrogens is 5. The zero-order valence-corrected chi connectivity index (χ0v) is 20.4. The Hall–Kier alpha value is -3.56. The van der Waals surface area contributed by atoms with E-state index >= 15 is 0 Å². The van der Waals surface area contributed by atoms with Crippen LogP contribution in [-0.4, -0.2) is 74.1 Å². The van der Waals surface area contributed by atoms with Gasteiger partial charge in [0.25, 0.3) is 0 Å². The van der Waals surface area contributed by atoms with Gasteiger partial charge >= 0.3 is 0 Å². The molecule has 0 spiro atoms. The Labute approximate surface area is 204 Å². The van der Waals surface area contributed by atoms with Gasteiger partial charge in [0.15, 0.2) is 0 Å². The van der Waals surface area contributed by atoms with Gasteiger partial charge in [0.2, 0.25) is 5.88 Å². The van der Waals surface area contributed by atoms with Crippen LogP contribution in [0.4, 0.5) is 0 Å². The Morgan fingerprint density at radius 3 is 2.91 bits per heavy atom. The minimum atomic E-state index is 0.0123. The molecular formula is C26H31N7O2. The standard InChI is InChI=1S/C26H31N7O2/c1-31(17-19-8-10-32(2)30-19)20-9-11-33(12-13-34)24(15-20)25-27-16-23(28-25)21-14-18-6-4-5-7-22(18)29-26(21)35-3/h4-8,10,13-14,16,20,24H,9,11-12,15,17H2,1-3H3,(H,27,28)/t20-,24+/m1/s1. The van der Waals surface area contributed by atoms with Gasteiger partial charge in [-0.25, -0.2) is 9.97 Å². The molecule has 4 aromatic rings. The first-order valence-electron chi connectivity index (χ1n) is 11.9.